The van der Waals surface area contributed by atoms with E-state index in [1.165, 1.54) is 33.8 Å². The maximum Gasteiger partial charge on any atom is 0.329 e. The van der Waals surface area contributed by atoms with Gasteiger partial charge in [-0.05, 0) is 119 Å². The quantitative estimate of drug-likeness (QED) is 0.0831. The van der Waals surface area contributed by atoms with E-state index >= 15 is 17.6 Å². The molecule has 0 radical (unpaired) electrons. The first-order valence-electron chi connectivity index (χ1n) is 27.4. The van der Waals surface area contributed by atoms with Gasteiger partial charge in [0.2, 0.25) is 17.7 Å². The molecule has 414 valence electrons. The molecule has 2 saturated carbocycles. The number of carbonyl (C=O) groups is 4. The molecule has 1 spiro atoms. The predicted molar refractivity (Wildman–Crippen MR) is 284 cm³/mol. The monoisotopic (exact) mass is 1100 g/mol. The van der Waals surface area contributed by atoms with Crippen LogP contribution in [0.5, 0.6) is 11.5 Å². The average molecular weight is 1100 g/mol. The summed E-state index contributed by atoms with van der Waals surface area (Å²) >= 11 is 6.73. The molecule has 3 unspecified atom stereocenters. The summed E-state index contributed by atoms with van der Waals surface area (Å²) < 4.78 is 78.3. The Hall–Kier alpha value is -6.28. The van der Waals surface area contributed by atoms with Gasteiger partial charge in [-0.25, -0.2) is 22.4 Å². The maximum atomic E-state index is 16.5. The lowest BCUT2D eigenvalue weighted by Gasteiger charge is -2.42. The normalized spacial score (nSPS) is 24.7. The second-order valence-electron chi connectivity index (χ2n) is 22.4. The molecular formula is C58H65ClF4N8O7. The van der Waals surface area contributed by atoms with Crippen molar-refractivity contribution in [2.24, 2.45) is 24.1 Å². The van der Waals surface area contributed by atoms with Gasteiger partial charge in [-0.15, -0.1) is 0 Å². The molecule has 3 atom stereocenters. The standard InChI is InChI=1S/C58H65ClF4N8O7/c1-32-45-43(29-41(61)49(59)48(45)47-38(53(64)74)12-13-42(50(47)62)77-27-26-72)78-58(32,35-6-4-3-5-7-35)31-65-36-10-8-34(9-11-36)55(75)70-24-19-57(20-25-70)18-14-37(30-57)69-21-15-33(16-22-69)46-40(60)28-39-52(51(46)63)68(2)67-54(39)71-23-17-44(73)66-56(71)76/h3-7,12-13,28-29,32-34,36-37,65,72H,8-11,14-27,30-31H2,1-2H3,(H2,64,74)(H,66,73,76). The fourth-order valence-electron chi connectivity index (χ4n) is 14.0. The summed E-state index contributed by atoms with van der Waals surface area (Å²) in [4.78, 5) is 57.1. The van der Waals surface area contributed by atoms with Gasteiger partial charge in [-0.2, -0.15) is 5.10 Å². The number of nitrogens with two attached hydrogens (primary N) is 1. The number of rotatable bonds is 13. The molecule has 5 aromatic rings. The zero-order valence-corrected chi connectivity index (χ0v) is 44.6. The van der Waals surface area contributed by atoms with E-state index in [1.54, 1.807) is 7.05 Å². The second kappa shape index (κ2) is 21.4. The van der Waals surface area contributed by atoms with E-state index in [1.807, 2.05) is 37.3 Å². The number of anilines is 1. The van der Waals surface area contributed by atoms with Crippen molar-refractivity contribution in [2.75, 3.05) is 57.4 Å². The molecule has 4 aromatic carbocycles. The van der Waals surface area contributed by atoms with Crippen LogP contribution in [0.15, 0.2) is 54.6 Å². The van der Waals surface area contributed by atoms with Crippen molar-refractivity contribution in [3.8, 4) is 22.6 Å². The molecular weight excluding hydrogens is 1030 g/mol. The molecule has 0 bridgehead atoms. The van der Waals surface area contributed by atoms with Crippen molar-refractivity contribution in [3.63, 3.8) is 0 Å². The summed E-state index contributed by atoms with van der Waals surface area (Å²) in [6, 6.07) is 14.2. The van der Waals surface area contributed by atoms with Crippen LogP contribution in [0.25, 0.3) is 22.0 Å². The molecule has 11 rings (SSSR count). The third kappa shape index (κ3) is 9.55. The van der Waals surface area contributed by atoms with Crippen molar-refractivity contribution in [1.82, 2.24) is 30.2 Å². The molecule has 5 fully saturated rings. The number of amides is 5. The van der Waals surface area contributed by atoms with Crippen LogP contribution >= 0.6 is 11.6 Å². The molecule has 5 N–H and O–H groups in total. The first-order valence-corrected chi connectivity index (χ1v) is 27.7. The topological polar surface area (TPSA) is 185 Å². The Labute approximate surface area is 454 Å². The molecule has 2 aliphatic carbocycles. The molecule has 78 heavy (non-hydrogen) atoms. The van der Waals surface area contributed by atoms with E-state index < -0.39 is 64.3 Å². The Morgan fingerprint density at radius 3 is 2.32 bits per heavy atom. The molecule has 20 heteroatoms. The van der Waals surface area contributed by atoms with Gasteiger partial charge in [0.1, 0.15) is 29.5 Å². The van der Waals surface area contributed by atoms with Crippen LogP contribution in [0, 0.1) is 34.6 Å². The lowest BCUT2D eigenvalue weighted by Crippen LogP contribution is -2.49. The predicted octanol–water partition coefficient (Wildman–Crippen LogP) is 8.95. The highest BCUT2D eigenvalue weighted by Crippen LogP contribution is 2.57. The van der Waals surface area contributed by atoms with Crippen molar-refractivity contribution in [1.29, 1.82) is 0 Å². The third-order valence-electron chi connectivity index (χ3n) is 18.2. The first-order chi connectivity index (χ1) is 37.5. The number of aliphatic hydroxyl groups is 1. The number of primary amides is 1. The number of piperidine rings is 2. The minimum atomic E-state index is -1.13. The van der Waals surface area contributed by atoms with Crippen LogP contribution in [-0.2, 0) is 22.2 Å². The SMILES string of the molecule is CC1c2c(cc(F)c(Cl)c2-c2c(C(N)=O)ccc(OCCO)c2F)OC1(CNC1CCC(C(=O)N2CCC3(CCC(N4CCC(c5c(F)cc6c(N7CCC(=O)NC7=O)nn(C)c6c5F)CC4)C3)CC2)CC1)c1ccccc1. The zero-order chi connectivity index (χ0) is 54.8. The number of aryl methyl sites for hydroxylation is 1. The molecule has 3 saturated heterocycles. The number of benzene rings is 4. The number of hydrogen-bond acceptors (Lipinski definition) is 10. The molecule has 5 amide bonds. The first kappa shape index (κ1) is 53.7. The molecule has 15 nitrogen and oxygen atoms in total. The van der Waals surface area contributed by atoms with E-state index in [2.05, 4.69) is 25.5 Å². The van der Waals surface area contributed by atoms with Gasteiger partial charge in [-0.3, -0.25) is 29.3 Å². The minimum absolute atomic E-state index is 0.0412. The lowest BCUT2D eigenvalue weighted by molar-refractivity contribution is -0.139. The average Bonchev–Trinajstić information content (AvgIpc) is 4.30. The van der Waals surface area contributed by atoms with Crippen LogP contribution in [0.4, 0.5) is 28.2 Å². The van der Waals surface area contributed by atoms with E-state index in [9.17, 15) is 24.3 Å². The number of likely N-dealkylation sites (tertiary alicyclic amines) is 2. The number of imide groups is 1. The van der Waals surface area contributed by atoms with Crippen molar-refractivity contribution < 1.29 is 51.3 Å². The maximum absolute atomic E-state index is 16.5. The number of aliphatic hydroxyl groups excluding tert-OH is 1. The van der Waals surface area contributed by atoms with Crippen LogP contribution in [0.3, 0.4) is 0 Å². The fourth-order valence-corrected chi connectivity index (χ4v) is 14.2. The van der Waals surface area contributed by atoms with Crippen molar-refractivity contribution >= 4 is 52.1 Å². The number of halogens is 5. The molecule has 5 heterocycles. The Morgan fingerprint density at radius 2 is 1.63 bits per heavy atom. The van der Waals surface area contributed by atoms with Gasteiger partial charge in [0.25, 0.3) is 0 Å². The Balaban J connectivity index is 0.696. The summed E-state index contributed by atoms with van der Waals surface area (Å²) in [5, 5.41) is 19.5. The minimum Gasteiger partial charge on any atom is -0.488 e. The smallest absolute Gasteiger partial charge is 0.329 e. The lowest BCUT2D eigenvalue weighted by atomic mass is 9.76. The number of ether oxygens (including phenoxy) is 2. The summed E-state index contributed by atoms with van der Waals surface area (Å²) in [6.45, 7) is 4.52. The molecule has 6 aliphatic rings. The highest BCUT2D eigenvalue weighted by molar-refractivity contribution is 6.34. The third-order valence-corrected chi connectivity index (χ3v) is 18.6. The van der Waals surface area contributed by atoms with Gasteiger partial charge in [0, 0.05) is 91.9 Å². The highest BCUT2D eigenvalue weighted by atomic mass is 35.5. The Morgan fingerprint density at radius 1 is 0.897 bits per heavy atom. The summed E-state index contributed by atoms with van der Waals surface area (Å²) in [6.07, 6.45) is 9.27. The van der Waals surface area contributed by atoms with Crippen LogP contribution in [0.2, 0.25) is 5.02 Å². The summed E-state index contributed by atoms with van der Waals surface area (Å²) in [5.74, 6) is -5.31. The van der Waals surface area contributed by atoms with Gasteiger partial charge >= 0.3 is 6.03 Å². The molecule has 1 aromatic heterocycles. The van der Waals surface area contributed by atoms with Gasteiger partial charge in [0.15, 0.2) is 28.8 Å². The van der Waals surface area contributed by atoms with Gasteiger partial charge in [-0.1, -0.05) is 48.9 Å². The number of nitrogens with zero attached hydrogens (tertiary/aromatic N) is 5. The zero-order valence-electron chi connectivity index (χ0n) is 43.8. The van der Waals surface area contributed by atoms with Crippen LogP contribution in [0.1, 0.15) is 123 Å². The van der Waals surface area contributed by atoms with E-state index in [-0.39, 0.29) is 106 Å². The van der Waals surface area contributed by atoms with Crippen LogP contribution < -0.4 is 30.7 Å². The Kier molecular flexibility index (Phi) is 14.7. The van der Waals surface area contributed by atoms with Crippen molar-refractivity contribution in [3.05, 3.63) is 105 Å². The van der Waals surface area contributed by atoms with E-state index in [4.69, 9.17) is 26.8 Å². The van der Waals surface area contributed by atoms with Gasteiger partial charge in [0.05, 0.1) is 22.6 Å². The van der Waals surface area contributed by atoms with E-state index in [0.717, 1.165) is 76.7 Å². The second-order valence-corrected chi connectivity index (χ2v) is 22.8. The van der Waals surface area contributed by atoms with Crippen LogP contribution in [-0.4, -0.2) is 113 Å². The number of carbonyl (C=O) groups excluding carboxylic acids is 4. The number of urea groups is 1. The number of nitrogens with one attached hydrogen (secondary N) is 2. The number of hydrogen-bond donors (Lipinski definition) is 4. The number of aromatic nitrogens is 2. The highest BCUT2D eigenvalue weighted by Gasteiger charge is 2.51. The van der Waals surface area contributed by atoms with Gasteiger partial charge < -0.3 is 35.4 Å². The summed E-state index contributed by atoms with van der Waals surface area (Å²) in [5.41, 5.74) is 5.56. The Bertz CT molecular complexity index is 3180. The van der Waals surface area contributed by atoms with E-state index in [0.29, 0.717) is 37.3 Å². The summed E-state index contributed by atoms with van der Waals surface area (Å²) in [7, 11) is 1.57. The molecule has 4 aliphatic heterocycles. The largest absolute Gasteiger partial charge is 0.488 e. The fraction of sp³-hybridized carbons (Fsp3) is 0.500. The number of fused-ring (bicyclic) bond motifs is 2. The van der Waals surface area contributed by atoms with Crippen molar-refractivity contribution in [2.45, 2.75) is 113 Å².